The Balaban J connectivity index is 2.35. The minimum absolute atomic E-state index is 0.294. The van der Waals surface area contributed by atoms with Crippen molar-refractivity contribution < 1.29 is 4.79 Å². The van der Waals surface area contributed by atoms with E-state index in [1.54, 1.807) is 0 Å². The highest BCUT2D eigenvalue weighted by Crippen LogP contribution is 2.16. The second kappa shape index (κ2) is 3.04. The molecular weight excluding hydrogens is 126 g/mol. The smallest absolute Gasteiger partial charge is 0.225 e. The monoisotopic (exact) mass is 141 g/mol. The van der Waals surface area contributed by atoms with Gasteiger partial charge in [0, 0.05) is 19.0 Å². The van der Waals surface area contributed by atoms with E-state index in [0.717, 1.165) is 25.9 Å². The topological polar surface area (TPSA) is 20.1 Å². The summed E-state index contributed by atoms with van der Waals surface area (Å²) in [6.07, 6.45) is 1.98. The van der Waals surface area contributed by atoms with Crippen LogP contribution in [0.15, 0.2) is 0 Å². The Kier molecular flexibility index (Phi) is 2.30. The molecule has 1 amide bonds. The molecule has 0 unspecified atom stereocenters. The van der Waals surface area contributed by atoms with E-state index in [1.165, 1.54) is 0 Å². The van der Waals surface area contributed by atoms with Crippen molar-refractivity contribution in [2.75, 3.05) is 13.1 Å². The summed E-state index contributed by atoms with van der Waals surface area (Å²) in [6.45, 7) is 6.15. The van der Waals surface area contributed by atoms with E-state index in [2.05, 4.69) is 13.8 Å². The van der Waals surface area contributed by atoms with Crippen LogP contribution in [0.2, 0.25) is 0 Å². The van der Waals surface area contributed by atoms with Crippen molar-refractivity contribution in [3.05, 3.63) is 0 Å². The minimum Gasteiger partial charge on any atom is -0.339 e. The Bertz CT molecular complexity index is 125. The van der Waals surface area contributed by atoms with E-state index in [4.69, 9.17) is 0 Å². The molecule has 1 saturated heterocycles. The summed E-state index contributed by atoms with van der Waals surface area (Å²) >= 11 is 0. The van der Waals surface area contributed by atoms with Gasteiger partial charge in [-0.3, -0.25) is 4.79 Å². The fourth-order valence-corrected chi connectivity index (χ4v) is 1.17. The van der Waals surface area contributed by atoms with Crippen molar-refractivity contribution in [1.29, 1.82) is 0 Å². The summed E-state index contributed by atoms with van der Waals surface area (Å²) in [4.78, 5) is 13.2. The van der Waals surface area contributed by atoms with Gasteiger partial charge in [-0.25, -0.2) is 0 Å². The molecule has 0 bridgehead atoms. The number of carbonyl (C=O) groups excluding carboxylic acids is 1. The van der Waals surface area contributed by atoms with Crippen LogP contribution in [0.25, 0.3) is 0 Å². The highest BCUT2D eigenvalue weighted by molar-refractivity contribution is 5.80. The molecule has 0 aromatic rings. The molecule has 0 aliphatic carbocycles. The maximum absolute atomic E-state index is 11.3. The van der Waals surface area contributed by atoms with Crippen molar-refractivity contribution in [3.63, 3.8) is 0 Å². The molecule has 0 saturated carbocycles. The van der Waals surface area contributed by atoms with Crippen LogP contribution in [0, 0.1) is 5.92 Å². The normalized spacial score (nSPS) is 16.1. The van der Waals surface area contributed by atoms with Crippen LogP contribution in [0.1, 0.15) is 26.7 Å². The first-order valence-electron chi connectivity index (χ1n) is 4.08. The fraction of sp³-hybridized carbons (Fsp3) is 0.875. The lowest BCUT2D eigenvalue weighted by Gasteiger charge is -2.10. The summed E-state index contributed by atoms with van der Waals surface area (Å²) in [5.74, 6) is 0.660. The minimum atomic E-state index is 0.294. The van der Waals surface area contributed by atoms with Crippen LogP contribution in [0.3, 0.4) is 0 Å². The SMILES string of the molecule is CCC(CC)C(=O)N1CC1. The zero-order valence-electron chi connectivity index (χ0n) is 6.76. The first kappa shape index (κ1) is 7.58. The van der Waals surface area contributed by atoms with Gasteiger partial charge < -0.3 is 4.90 Å². The Morgan fingerprint density at radius 3 is 2.20 bits per heavy atom. The van der Waals surface area contributed by atoms with Crippen molar-refractivity contribution in [1.82, 2.24) is 4.90 Å². The summed E-state index contributed by atoms with van der Waals surface area (Å²) in [5.41, 5.74) is 0. The fourth-order valence-electron chi connectivity index (χ4n) is 1.17. The summed E-state index contributed by atoms with van der Waals surface area (Å²) in [5, 5.41) is 0. The number of rotatable bonds is 3. The molecular formula is C8H15NO. The first-order valence-corrected chi connectivity index (χ1v) is 4.08. The third kappa shape index (κ3) is 1.49. The number of amides is 1. The van der Waals surface area contributed by atoms with Gasteiger partial charge >= 0.3 is 0 Å². The lowest BCUT2D eigenvalue weighted by Crippen LogP contribution is -2.20. The van der Waals surface area contributed by atoms with Crippen LogP contribution in [0.5, 0.6) is 0 Å². The predicted molar refractivity (Wildman–Crippen MR) is 40.7 cm³/mol. The van der Waals surface area contributed by atoms with Crippen molar-refractivity contribution in [2.45, 2.75) is 26.7 Å². The zero-order chi connectivity index (χ0) is 7.56. The second-order valence-electron chi connectivity index (χ2n) is 2.84. The lowest BCUT2D eigenvalue weighted by molar-refractivity contribution is -0.130. The van der Waals surface area contributed by atoms with Crippen molar-refractivity contribution in [2.24, 2.45) is 5.92 Å². The average Bonchev–Trinajstić information content (AvgIpc) is 2.71. The van der Waals surface area contributed by atoms with Gasteiger partial charge in [-0.1, -0.05) is 13.8 Å². The molecule has 1 heterocycles. The largest absolute Gasteiger partial charge is 0.339 e. The molecule has 1 aliphatic heterocycles. The first-order chi connectivity index (χ1) is 4.79. The number of hydrogen-bond acceptors (Lipinski definition) is 1. The summed E-state index contributed by atoms with van der Waals surface area (Å²) in [7, 11) is 0. The molecule has 10 heavy (non-hydrogen) atoms. The van der Waals surface area contributed by atoms with Gasteiger partial charge in [0.1, 0.15) is 0 Å². The van der Waals surface area contributed by atoms with Gasteiger partial charge in [-0.15, -0.1) is 0 Å². The zero-order valence-corrected chi connectivity index (χ0v) is 6.76. The quantitative estimate of drug-likeness (QED) is 0.542. The van der Waals surface area contributed by atoms with Gasteiger partial charge in [0.2, 0.25) is 5.91 Å². The molecule has 0 aromatic heterocycles. The third-order valence-corrected chi connectivity index (χ3v) is 2.09. The van der Waals surface area contributed by atoms with E-state index in [1.807, 2.05) is 4.90 Å². The Labute approximate surface area is 62.2 Å². The van der Waals surface area contributed by atoms with Crippen LogP contribution in [0.4, 0.5) is 0 Å². The van der Waals surface area contributed by atoms with E-state index >= 15 is 0 Å². The van der Waals surface area contributed by atoms with Gasteiger partial charge in [-0.2, -0.15) is 0 Å². The van der Waals surface area contributed by atoms with E-state index < -0.39 is 0 Å². The molecule has 0 aromatic carbocycles. The average molecular weight is 141 g/mol. The lowest BCUT2D eigenvalue weighted by atomic mass is 10.0. The van der Waals surface area contributed by atoms with Crippen molar-refractivity contribution >= 4 is 5.91 Å². The van der Waals surface area contributed by atoms with Gasteiger partial charge in [-0.05, 0) is 12.8 Å². The Hall–Kier alpha value is -0.530. The number of carbonyl (C=O) groups is 1. The summed E-state index contributed by atoms with van der Waals surface area (Å²) in [6, 6.07) is 0. The van der Waals surface area contributed by atoms with E-state index in [-0.39, 0.29) is 0 Å². The Morgan fingerprint density at radius 2 is 1.90 bits per heavy atom. The van der Waals surface area contributed by atoms with Gasteiger partial charge in [0.15, 0.2) is 0 Å². The molecule has 0 radical (unpaired) electrons. The second-order valence-corrected chi connectivity index (χ2v) is 2.84. The maximum Gasteiger partial charge on any atom is 0.225 e. The van der Waals surface area contributed by atoms with E-state index in [0.29, 0.717) is 11.8 Å². The van der Waals surface area contributed by atoms with Crippen LogP contribution >= 0.6 is 0 Å². The Morgan fingerprint density at radius 1 is 1.40 bits per heavy atom. The molecule has 1 rings (SSSR count). The molecule has 1 fully saturated rings. The molecule has 1 aliphatic rings. The molecule has 0 atom stereocenters. The molecule has 0 N–H and O–H groups in total. The molecule has 2 heteroatoms. The molecule has 58 valence electrons. The maximum atomic E-state index is 11.3. The van der Waals surface area contributed by atoms with E-state index in [9.17, 15) is 4.79 Å². The molecule has 2 nitrogen and oxygen atoms in total. The predicted octanol–water partition coefficient (Wildman–Crippen LogP) is 1.26. The van der Waals surface area contributed by atoms with Crippen LogP contribution in [-0.4, -0.2) is 23.9 Å². The number of nitrogens with zero attached hydrogens (tertiary/aromatic N) is 1. The standard InChI is InChI=1S/C8H15NO/c1-3-7(4-2)8(10)9-5-6-9/h7H,3-6H2,1-2H3. The summed E-state index contributed by atoms with van der Waals surface area (Å²) < 4.78 is 0. The van der Waals surface area contributed by atoms with Crippen molar-refractivity contribution in [3.8, 4) is 0 Å². The highest BCUT2D eigenvalue weighted by Gasteiger charge is 2.28. The third-order valence-electron chi connectivity index (χ3n) is 2.09. The highest BCUT2D eigenvalue weighted by atomic mass is 16.2. The van der Waals surface area contributed by atoms with Crippen LogP contribution in [-0.2, 0) is 4.79 Å². The number of hydrogen-bond donors (Lipinski definition) is 0. The van der Waals surface area contributed by atoms with Gasteiger partial charge in [0.05, 0.1) is 0 Å². The van der Waals surface area contributed by atoms with Gasteiger partial charge in [0.25, 0.3) is 0 Å². The van der Waals surface area contributed by atoms with Crippen LogP contribution < -0.4 is 0 Å². The molecule has 0 spiro atoms.